The molecule has 0 unspecified atom stereocenters. The number of rotatable bonds is 8. The van der Waals surface area contributed by atoms with Gasteiger partial charge in [-0.2, -0.15) is 0 Å². The van der Waals surface area contributed by atoms with Crippen LogP contribution in [0.15, 0.2) is 52.0 Å². The summed E-state index contributed by atoms with van der Waals surface area (Å²) < 4.78 is 10.3. The lowest BCUT2D eigenvalue weighted by molar-refractivity contribution is -0.384. The Morgan fingerprint density at radius 3 is 2.52 bits per heavy atom. The number of benzene rings is 1. The number of methoxy groups -OCH3 is 1. The first kappa shape index (κ1) is 18.9. The molecule has 2 amide bonds. The summed E-state index contributed by atoms with van der Waals surface area (Å²) in [6.45, 7) is 0.358. The third kappa shape index (κ3) is 3.93. The van der Waals surface area contributed by atoms with E-state index in [-0.39, 0.29) is 24.4 Å². The first-order valence-corrected chi connectivity index (χ1v) is 9.01. The molecule has 0 bridgehead atoms. The monoisotopic (exact) mass is 388 g/mol. The Hall–Kier alpha value is -2.91. The van der Waals surface area contributed by atoms with Crippen LogP contribution in [0.4, 0.5) is 5.69 Å². The average Bonchev–Trinajstić information content (AvgIpc) is 3.25. The van der Waals surface area contributed by atoms with Gasteiger partial charge in [0.15, 0.2) is 0 Å². The molecule has 1 aliphatic heterocycles. The smallest absolute Gasteiger partial charge is 0.269 e. The molecule has 1 aromatic carbocycles. The highest BCUT2D eigenvalue weighted by Crippen LogP contribution is 2.37. The van der Waals surface area contributed by atoms with Crippen LogP contribution in [0.3, 0.4) is 0 Å². The summed E-state index contributed by atoms with van der Waals surface area (Å²) >= 11 is 1.20. The van der Waals surface area contributed by atoms with Crippen molar-refractivity contribution >= 4 is 34.8 Å². The number of ether oxygens (including phenoxy) is 1. The van der Waals surface area contributed by atoms with Gasteiger partial charge in [-0.15, -0.1) is 11.8 Å². The van der Waals surface area contributed by atoms with Gasteiger partial charge in [-0.25, -0.2) is 0 Å². The molecule has 27 heavy (non-hydrogen) atoms. The van der Waals surface area contributed by atoms with E-state index >= 15 is 0 Å². The van der Waals surface area contributed by atoms with Crippen LogP contribution in [0, 0.1) is 10.1 Å². The second-order valence-electron chi connectivity index (χ2n) is 5.63. The van der Waals surface area contributed by atoms with Gasteiger partial charge < -0.3 is 9.15 Å². The number of carbonyl (C=O) groups excluding carboxylic acids is 2. The predicted octanol–water partition coefficient (Wildman–Crippen LogP) is 2.85. The molecular formula is C18H16N2O6S. The lowest BCUT2D eigenvalue weighted by atomic mass is 10.1. The van der Waals surface area contributed by atoms with E-state index in [1.165, 1.54) is 49.4 Å². The van der Waals surface area contributed by atoms with Crippen LogP contribution in [-0.2, 0) is 20.1 Å². The third-order valence-corrected chi connectivity index (χ3v) is 5.05. The van der Waals surface area contributed by atoms with Crippen LogP contribution in [0.1, 0.15) is 11.3 Å². The first-order chi connectivity index (χ1) is 13.0. The van der Waals surface area contributed by atoms with Crippen molar-refractivity contribution in [3.63, 3.8) is 0 Å². The van der Waals surface area contributed by atoms with E-state index in [4.69, 9.17) is 9.15 Å². The number of nitrogens with zero attached hydrogens (tertiary/aromatic N) is 2. The van der Waals surface area contributed by atoms with E-state index < -0.39 is 16.7 Å². The molecule has 0 spiro atoms. The van der Waals surface area contributed by atoms with Crippen LogP contribution in [0.5, 0.6) is 0 Å². The molecule has 1 aromatic heterocycles. The van der Waals surface area contributed by atoms with E-state index in [1.807, 2.05) is 0 Å². The maximum absolute atomic E-state index is 12.8. The number of nitro groups is 1. The number of hydrogen-bond acceptors (Lipinski definition) is 7. The van der Waals surface area contributed by atoms with E-state index in [9.17, 15) is 19.7 Å². The second-order valence-corrected chi connectivity index (χ2v) is 6.62. The van der Waals surface area contributed by atoms with Crippen LogP contribution in [-0.4, -0.2) is 41.9 Å². The van der Waals surface area contributed by atoms with Gasteiger partial charge in [0, 0.05) is 19.2 Å². The zero-order chi connectivity index (χ0) is 19.4. The van der Waals surface area contributed by atoms with Gasteiger partial charge in [-0.3, -0.25) is 24.6 Å². The maximum atomic E-state index is 12.8. The second kappa shape index (κ2) is 8.19. The molecule has 0 saturated carbocycles. The van der Waals surface area contributed by atoms with E-state index in [0.29, 0.717) is 22.0 Å². The van der Waals surface area contributed by atoms with Crippen molar-refractivity contribution in [2.45, 2.75) is 5.75 Å². The van der Waals surface area contributed by atoms with E-state index in [1.54, 1.807) is 12.1 Å². The summed E-state index contributed by atoms with van der Waals surface area (Å²) in [4.78, 5) is 37.4. The minimum absolute atomic E-state index is 0.0860. The fourth-order valence-corrected chi connectivity index (χ4v) is 3.65. The molecule has 0 aliphatic carbocycles. The van der Waals surface area contributed by atoms with E-state index in [0.717, 1.165) is 4.90 Å². The number of amides is 2. The van der Waals surface area contributed by atoms with Crippen molar-refractivity contribution < 1.29 is 23.7 Å². The molecular weight excluding hydrogens is 372 g/mol. The summed E-state index contributed by atoms with van der Waals surface area (Å²) in [5.41, 5.74) is 0.612. The molecule has 8 nitrogen and oxygen atoms in total. The summed E-state index contributed by atoms with van der Waals surface area (Å²) in [5.74, 6) is 0.219. The molecule has 1 aliphatic rings. The van der Waals surface area contributed by atoms with Crippen molar-refractivity contribution in [2.75, 3.05) is 20.3 Å². The summed E-state index contributed by atoms with van der Waals surface area (Å²) in [6.07, 6.45) is 1.54. The topological polar surface area (TPSA) is 103 Å². The molecule has 0 atom stereocenters. The fraction of sp³-hybridized carbons (Fsp3) is 0.222. The number of carbonyl (C=O) groups is 2. The Balaban J connectivity index is 1.94. The number of furan rings is 1. The molecule has 0 fully saturated rings. The molecule has 0 N–H and O–H groups in total. The van der Waals surface area contributed by atoms with Crippen LogP contribution < -0.4 is 0 Å². The van der Waals surface area contributed by atoms with Crippen molar-refractivity contribution in [3.05, 3.63) is 69.0 Å². The van der Waals surface area contributed by atoms with Crippen molar-refractivity contribution in [3.8, 4) is 0 Å². The minimum atomic E-state index is -0.517. The molecule has 2 heterocycles. The minimum Gasteiger partial charge on any atom is -0.468 e. The Kier molecular flexibility index (Phi) is 5.72. The number of imide groups is 1. The number of hydrogen-bond donors (Lipinski definition) is 0. The van der Waals surface area contributed by atoms with Gasteiger partial charge in [0.1, 0.15) is 5.76 Å². The molecule has 0 radical (unpaired) electrons. The van der Waals surface area contributed by atoms with Gasteiger partial charge in [0.25, 0.3) is 17.5 Å². The van der Waals surface area contributed by atoms with Crippen LogP contribution >= 0.6 is 11.8 Å². The highest BCUT2D eigenvalue weighted by molar-refractivity contribution is 8.03. The van der Waals surface area contributed by atoms with E-state index in [2.05, 4.69) is 0 Å². The molecule has 9 heteroatoms. The fourth-order valence-electron chi connectivity index (χ4n) is 2.62. The number of non-ortho nitro benzene ring substituents is 1. The van der Waals surface area contributed by atoms with Crippen molar-refractivity contribution in [1.82, 2.24) is 4.90 Å². The third-order valence-electron chi connectivity index (χ3n) is 3.95. The zero-order valence-electron chi connectivity index (χ0n) is 14.4. The van der Waals surface area contributed by atoms with Gasteiger partial charge >= 0.3 is 0 Å². The summed E-state index contributed by atoms with van der Waals surface area (Å²) in [6, 6.07) is 9.11. The van der Waals surface area contributed by atoms with Crippen LogP contribution in [0.25, 0.3) is 5.57 Å². The Bertz CT molecular complexity index is 889. The zero-order valence-corrected chi connectivity index (χ0v) is 15.2. The first-order valence-electron chi connectivity index (χ1n) is 8.02. The number of thioether (sulfide) groups is 1. The quantitative estimate of drug-likeness (QED) is 0.389. The summed E-state index contributed by atoms with van der Waals surface area (Å²) in [7, 11) is 1.49. The van der Waals surface area contributed by atoms with Crippen LogP contribution in [0.2, 0.25) is 0 Å². The van der Waals surface area contributed by atoms with Gasteiger partial charge in [0.2, 0.25) is 0 Å². The normalized spacial score (nSPS) is 14.3. The Morgan fingerprint density at radius 1 is 1.19 bits per heavy atom. The van der Waals surface area contributed by atoms with Gasteiger partial charge in [-0.05, 0) is 29.8 Å². The van der Waals surface area contributed by atoms with Crippen molar-refractivity contribution in [2.24, 2.45) is 0 Å². The van der Waals surface area contributed by atoms with Crippen molar-refractivity contribution in [1.29, 1.82) is 0 Å². The highest BCUT2D eigenvalue weighted by atomic mass is 32.2. The SMILES string of the molecule is COCCN1C(=O)C(SCc2ccco2)=C(c2ccc([N+](=O)[O-])cc2)C1=O. The Labute approximate surface area is 158 Å². The number of nitro benzene ring substituents is 1. The maximum Gasteiger partial charge on any atom is 0.269 e. The molecule has 2 aromatic rings. The van der Waals surface area contributed by atoms with Gasteiger partial charge in [-0.1, -0.05) is 0 Å². The largest absolute Gasteiger partial charge is 0.468 e. The highest BCUT2D eigenvalue weighted by Gasteiger charge is 2.39. The van der Waals surface area contributed by atoms with Gasteiger partial charge in [0.05, 0.1) is 40.6 Å². The lowest BCUT2D eigenvalue weighted by Crippen LogP contribution is -2.34. The molecule has 3 rings (SSSR count). The molecule has 0 saturated heterocycles. The Morgan fingerprint density at radius 2 is 1.93 bits per heavy atom. The standard InChI is InChI=1S/C18H16N2O6S/c1-25-10-8-19-17(21)15(12-4-6-13(7-5-12)20(23)24)16(18(19)22)27-11-14-3-2-9-26-14/h2-7,9H,8,10-11H2,1H3. The predicted molar refractivity (Wildman–Crippen MR) is 98.6 cm³/mol. The average molecular weight is 388 g/mol. The summed E-state index contributed by atoms with van der Waals surface area (Å²) in [5, 5.41) is 10.9. The lowest BCUT2D eigenvalue weighted by Gasteiger charge is -2.14. The molecule has 140 valence electrons.